The predicted molar refractivity (Wildman–Crippen MR) is 82.6 cm³/mol. The van der Waals surface area contributed by atoms with Gasteiger partial charge in [0.2, 0.25) is 0 Å². The number of benzene rings is 1. The second-order valence-corrected chi connectivity index (χ2v) is 7.88. The van der Waals surface area contributed by atoms with Gasteiger partial charge in [-0.05, 0) is 19.4 Å². The highest BCUT2D eigenvalue weighted by Crippen LogP contribution is 2.13. The zero-order valence-electron chi connectivity index (χ0n) is 12.7. The zero-order chi connectivity index (χ0) is 15.3. The first kappa shape index (κ1) is 17.1. The van der Waals surface area contributed by atoms with Crippen LogP contribution in [-0.4, -0.2) is 38.0 Å². The summed E-state index contributed by atoms with van der Waals surface area (Å²) in [6, 6.07) is 6.00. The van der Waals surface area contributed by atoms with E-state index in [0.717, 1.165) is 16.7 Å². The third-order valence-corrected chi connectivity index (χ3v) is 4.54. The quantitative estimate of drug-likeness (QED) is 0.802. The van der Waals surface area contributed by atoms with Crippen LogP contribution in [0, 0.1) is 13.8 Å². The Morgan fingerprint density at radius 1 is 1.15 bits per heavy atom. The van der Waals surface area contributed by atoms with E-state index in [1.165, 1.54) is 0 Å². The van der Waals surface area contributed by atoms with Gasteiger partial charge in [0.1, 0.15) is 0 Å². The second-order valence-electron chi connectivity index (χ2n) is 5.77. The Balaban J connectivity index is 2.65. The molecule has 0 saturated carbocycles. The van der Waals surface area contributed by atoms with Crippen molar-refractivity contribution in [3.8, 4) is 0 Å². The van der Waals surface area contributed by atoms with Crippen LogP contribution < -0.4 is 5.32 Å². The lowest BCUT2D eigenvalue weighted by molar-refractivity contribution is 0.190. The van der Waals surface area contributed by atoms with Crippen LogP contribution in [-0.2, 0) is 15.6 Å². The Morgan fingerprint density at radius 2 is 1.70 bits per heavy atom. The highest BCUT2D eigenvalue weighted by molar-refractivity contribution is 7.90. The molecule has 0 spiro atoms. The third kappa shape index (κ3) is 6.50. The molecule has 5 heteroatoms. The lowest BCUT2D eigenvalue weighted by atomic mass is 10.1. The van der Waals surface area contributed by atoms with Gasteiger partial charge < -0.3 is 10.4 Å². The molecule has 0 bridgehead atoms. The first-order valence-corrected chi connectivity index (χ1v) is 8.69. The number of hydrogen-bond donors (Lipinski definition) is 2. The fourth-order valence-corrected chi connectivity index (χ4v) is 3.69. The normalized spacial score (nSPS) is 13.7. The maximum Gasteiger partial charge on any atom is 0.157 e. The van der Waals surface area contributed by atoms with E-state index in [1.54, 1.807) is 0 Å². The topological polar surface area (TPSA) is 66.4 Å². The molecule has 0 aromatic heterocycles. The molecular formula is C15H25NO3S. The van der Waals surface area contributed by atoms with Crippen molar-refractivity contribution in [3.63, 3.8) is 0 Å². The number of aliphatic hydroxyl groups excluding tert-OH is 1. The number of aliphatic hydroxyl groups is 1. The monoisotopic (exact) mass is 299 g/mol. The minimum atomic E-state index is -3.31. The summed E-state index contributed by atoms with van der Waals surface area (Å²) in [4.78, 5) is 0. The molecule has 0 aliphatic rings. The molecule has 1 aromatic carbocycles. The van der Waals surface area contributed by atoms with E-state index in [1.807, 2.05) is 45.9 Å². The maximum absolute atomic E-state index is 12.1. The Bertz CT molecular complexity index is 518. The van der Waals surface area contributed by atoms with Crippen molar-refractivity contribution in [2.45, 2.75) is 45.6 Å². The molecule has 0 heterocycles. The summed E-state index contributed by atoms with van der Waals surface area (Å²) < 4.78 is 24.2. The molecule has 0 fully saturated rings. The van der Waals surface area contributed by atoms with Crippen LogP contribution in [0.25, 0.3) is 0 Å². The summed E-state index contributed by atoms with van der Waals surface area (Å²) in [6.07, 6.45) is -0.867. The second kappa shape index (κ2) is 7.20. The van der Waals surface area contributed by atoms with Gasteiger partial charge in [-0.15, -0.1) is 0 Å². The lowest BCUT2D eigenvalue weighted by Gasteiger charge is -2.14. The maximum atomic E-state index is 12.1. The Hall–Kier alpha value is -0.910. The van der Waals surface area contributed by atoms with E-state index in [0.29, 0.717) is 6.54 Å². The van der Waals surface area contributed by atoms with Crippen molar-refractivity contribution in [1.29, 1.82) is 0 Å². The summed E-state index contributed by atoms with van der Waals surface area (Å²) in [5.74, 6) is -0.228. The molecule has 0 radical (unpaired) electrons. The van der Waals surface area contributed by atoms with Crippen molar-refractivity contribution in [3.05, 3.63) is 34.9 Å². The molecule has 114 valence electrons. The van der Waals surface area contributed by atoms with Crippen LogP contribution in [0.15, 0.2) is 18.2 Å². The number of nitrogens with one attached hydrogen (secondary N) is 1. The molecule has 0 amide bonds. The number of rotatable bonds is 7. The first-order chi connectivity index (χ1) is 9.18. The van der Waals surface area contributed by atoms with E-state index in [-0.39, 0.29) is 17.5 Å². The molecule has 0 saturated heterocycles. The van der Waals surface area contributed by atoms with Gasteiger partial charge >= 0.3 is 0 Å². The lowest BCUT2D eigenvalue weighted by Crippen LogP contribution is -2.36. The fraction of sp³-hybridized carbons (Fsp3) is 0.600. The number of sulfone groups is 1. The van der Waals surface area contributed by atoms with Crippen LogP contribution in [0.2, 0.25) is 0 Å². The largest absolute Gasteiger partial charge is 0.391 e. The molecule has 0 aliphatic carbocycles. The van der Waals surface area contributed by atoms with Crippen LogP contribution in [0.1, 0.15) is 30.5 Å². The van der Waals surface area contributed by atoms with Gasteiger partial charge in [0.15, 0.2) is 9.84 Å². The highest BCUT2D eigenvalue weighted by Gasteiger charge is 2.18. The van der Waals surface area contributed by atoms with Gasteiger partial charge in [-0.25, -0.2) is 8.42 Å². The van der Waals surface area contributed by atoms with Gasteiger partial charge in [-0.1, -0.05) is 43.2 Å². The minimum absolute atomic E-state index is 0.0196. The van der Waals surface area contributed by atoms with Crippen molar-refractivity contribution in [2.75, 3.05) is 12.3 Å². The van der Waals surface area contributed by atoms with Gasteiger partial charge in [0, 0.05) is 12.6 Å². The Kier molecular flexibility index (Phi) is 6.17. The Labute approximate surface area is 122 Å². The van der Waals surface area contributed by atoms with Crippen molar-refractivity contribution in [2.24, 2.45) is 0 Å². The van der Waals surface area contributed by atoms with Gasteiger partial charge in [0.25, 0.3) is 0 Å². The molecule has 1 rings (SSSR count). The summed E-state index contributed by atoms with van der Waals surface area (Å²) >= 11 is 0. The van der Waals surface area contributed by atoms with Crippen molar-refractivity contribution in [1.82, 2.24) is 5.32 Å². The van der Waals surface area contributed by atoms with Crippen LogP contribution in [0.3, 0.4) is 0 Å². The summed E-state index contributed by atoms with van der Waals surface area (Å²) in [7, 11) is -3.31. The standard InChI is InChI=1S/C15H25NO3S/c1-11(2)16-8-15(17)10-20(18,19)9-14-6-12(3)5-13(4)7-14/h5-7,11,15-17H,8-10H2,1-4H3. The van der Waals surface area contributed by atoms with Crippen molar-refractivity contribution >= 4 is 9.84 Å². The first-order valence-electron chi connectivity index (χ1n) is 6.87. The Morgan fingerprint density at radius 3 is 2.20 bits per heavy atom. The van der Waals surface area contributed by atoms with Gasteiger partial charge in [-0.2, -0.15) is 0 Å². The molecule has 0 aliphatic heterocycles. The fourth-order valence-electron chi connectivity index (χ4n) is 2.19. The number of aryl methyl sites for hydroxylation is 2. The molecule has 1 unspecified atom stereocenters. The molecular weight excluding hydrogens is 274 g/mol. The molecule has 1 aromatic rings. The van der Waals surface area contributed by atoms with Crippen molar-refractivity contribution < 1.29 is 13.5 Å². The van der Waals surface area contributed by atoms with E-state index < -0.39 is 15.9 Å². The predicted octanol–water partition coefficient (Wildman–Crippen LogP) is 1.58. The highest BCUT2D eigenvalue weighted by atomic mass is 32.2. The van der Waals surface area contributed by atoms with E-state index >= 15 is 0 Å². The van der Waals surface area contributed by atoms with Gasteiger partial charge in [0.05, 0.1) is 17.6 Å². The minimum Gasteiger partial charge on any atom is -0.391 e. The SMILES string of the molecule is Cc1cc(C)cc(CS(=O)(=O)CC(O)CNC(C)C)c1. The summed E-state index contributed by atoms with van der Waals surface area (Å²) in [6.45, 7) is 8.10. The van der Waals surface area contributed by atoms with Crippen LogP contribution >= 0.6 is 0 Å². The summed E-state index contributed by atoms with van der Waals surface area (Å²) in [5.41, 5.74) is 2.89. The van der Waals surface area contributed by atoms with E-state index in [4.69, 9.17) is 0 Å². The van der Waals surface area contributed by atoms with Crippen LogP contribution in [0.5, 0.6) is 0 Å². The van der Waals surface area contributed by atoms with Crippen LogP contribution in [0.4, 0.5) is 0 Å². The average Bonchev–Trinajstić information content (AvgIpc) is 2.23. The van der Waals surface area contributed by atoms with E-state index in [9.17, 15) is 13.5 Å². The zero-order valence-corrected chi connectivity index (χ0v) is 13.5. The molecule has 20 heavy (non-hydrogen) atoms. The molecule has 1 atom stereocenters. The number of hydrogen-bond acceptors (Lipinski definition) is 4. The summed E-state index contributed by atoms with van der Waals surface area (Å²) in [5, 5.41) is 12.8. The van der Waals surface area contributed by atoms with Gasteiger partial charge in [-0.3, -0.25) is 0 Å². The smallest absolute Gasteiger partial charge is 0.157 e. The third-order valence-electron chi connectivity index (χ3n) is 2.88. The molecule has 2 N–H and O–H groups in total. The van der Waals surface area contributed by atoms with E-state index in [2.05, 4.69) is 5.32 Å². The average molecular weight is 299 g/mol. The molecule has 4 nitrogen and oxygen atoms in total.